The van der Waals surface area contributed by atoms with Gasteiger partial charge < -0.3 is 10.1 Å². The molecule has 1 amide bonds. The monoisotopic (exact) mass is 381 g/mol. The Morgan fingerprint density at radius 2 is 1.68 bits per heavy atom. The number of hydrogen-bond donors (Lipinski definition) is 1. The highest BCUT2D eigenvalue weighted by Crippen LogP contribution is 2.14. The van der Waals surface area contributed by atoms with Crippen LogP contribution in [0.4, 0.5) is 5.69 Å². The summed E-state index contributed by atoms with van der Waals surface area (Å²) in [6.45, 7) is -0.317. The predicted octanol–water partition coefficient (Wildman–Crippen LogP) is 3.83. The molecule has 2 rings (SSSR count). The van der Waals surface area contributed by atoms with Gasteiger partial charge in [-0.3, -0.25) is 9.59 Å². The molecule has 0 fully saturated rings. The van der Waals surface area contributed by atoms with Crippen LogP contribution in [-0.4, -0.2) is 18.5 Å². The summed E-state index contributed by atoms with van der Waals surface area (Å²) >= 11 is 9.07. The Hall–Kier alpha value is -1.85. The van der Waals surface area contributed by atoms with E-state index in [0.717, 1.165) is 10.0 Å². The van der Waals surface area contributed by atoms with Crippen LogP contribution in [0.3, 0.4) is 0 Å². The number of carbonyl (C=O) groups is 2. The van der Waals surface area contributed by atoms with Gasteiger partial charge in [0.05, 0.1) is 6.42 Å². The smallest absolute Gasteiger partial charge is 0.310 e. The van der Waals surface area contributed by atoms with Crippen molar-refractivity contribution in [2.45, 2.75) is 6.42 Å². The van der Waals surface area contributed by atoms with Crippen molar-refractivity contribution in [3.8, 4) is 0 Å². The molecule has 0 saturated carbocycles. The van der Waals surface area contributed by atoms with Gasteiger partial charge in [-0.05, 0) is 42.0 Å². The Labute approximate surface area is 141 Å². The fourth-order valence-electron chi connectivity index (χ4n) is 1.70. The molecule has 0 atom stereocenters. The van der Waals surface area contributed by atoms with E-state index in [9.17, 15) is 9.59 Å². The topological polar surface area (TPSA) is 55.4 Å². The van der Waals surface area contributed by atoms with E-state index in [4.69, 9.17) is 16.3 Å². The third-order valence-corrected chi connectivity index (χ3v) is 3.53. The number of ether oxygens (including phenoxy) is 1. The van der Waals surface area contributed by atoms with Gasteiger partial charge in [-0.2, -0.15) is 0 Å². The highest BCUT2D eigenvalue weighted by atomic mass is 79.9. The van der Waals surface area contributed by atoms with E-state index in [1.54, 1.807) is 36.4 Å². The van der Waals surface area contributed by atoms with Gasteiger partial charge in [0.2, 0.25) is 0 Å². The van der Waals surface area contributed by atoms with Gasteiger partial charge in [0.15, 0.2) is 6.61 Å². The van der Waals surface area contributed by atoms with Crippen molar-refractivity contribution in [2.24, 2.45) is 0 Å². The molecule has 0 unspecified atom stereocenters. The quantitative estimate of drug-likeness (QED) is 0.800. The second kappa shape index (κ2) is 7.96. The number of halogens is 2. The molecule has 0 aliphatic carbocycles. The maximum absolute atomic E-state index is 11.7. The molecule has 0 heterocycles. The van der Waals surface area contributed by atoms with Crippen molar-refractivity contribution in [1.82, 2.24) is 0 Å². The van der Waals surface area contributed by atoms with Gasteiger partial charge in [-0.15, -0.1) is 0 Å². The van der Waals surface area contributed by atoms with Crippen LogP contribution in [0.2, 0.25) is 5.02 Å². The molecule has 22 heavy (non-hydrogen) atoms. The summed E-state index contributed by atoms with van der Waals surface area (Å²) in [7, 11) is 0. The summed E-state index contributed by atoms with van der Waals surface area (Å²) in [6.07, 6.45) is 0.0999. The molecule has 2 aromatic rings. The molecule has 0 saturated heterocycles. The highest BCUT2D eigenvalue weighted by Gasteiger charge is 2.09. The van der Waals surface area contributed by atoms with E-state index in [0.29, 0.717) is 10.7 Å². The number of rotatable bonds is 5. The van der Waals surface area contributed by atoms with E-state index >= 15 is 0 Å². The lowest BCUT2D eigenvalue weighted by molar-refractivity contribution is -0.146. The average Bonchev–Trinajstić information content (AvgIpc) is 2.50. The summed E-state index contributed by atoms with van der Waals surface area (Å²) in [4.78, 5) is 23.3. The molecule has 0 spiro atoms. The fourth-order valence-corrected chi connectivity index (χ4v) is 2.09. The minimum absolute atomic E-state index is 0.0999. The maximum atomic E-state index is 11.7. The molecule has 0 radical (unpaired) electrons. The Bertz CT molecular complexity index is 597. The largest absolute Gasteiger partial charge is 0.455 e. The van der Waals surface area contributed by atoms with Crippen molar-refractivity contribution >= 4 is 45.1 Å². The summed E-state index contributed by atoms with van der Waals surface area (Å²) in [6, 6.07) is 14.0. The summed E-state index contributed by atoms with van der Waals surface area (Å²) < 4.78 is 5.86. The molecule has 1 N–H and O–H groups in total. The van der Waals surface area contributed by atoms with Gasteiger partial charge in [-0.25, -0.2) is 0 Å². The molecular formula is C16H13BrClNO3. The lowest BCUT2D eigenvalue weighted by atomic mass is 10.1. The Balaban J connectivity index is 1.76. The fraction of sp³-hybridized carbons (Fsp3) is 0.125. The van der Waals surface area contributed by atoms with Crippen LogP contribution in [0.15, 0.2) is 53.0 Å². The number of hydrogen-bond acceptors (Lipinski definition) is 3. The number of anilines is 1. The molecule has 0 aliphatic heterocycles. The third kappa shape index (κ3) is 5.50. The second-order valence-electron chi connectivity index (χ2n) is 4.52. The van der Waals surface area contributed by atoms with Crippen molar-refractivity contribution in [2.75, 3.05) is 11.9 Å². The van der Waals surface area contributed by atoms with Crippen LogP contribution in [-0.2, 0) is 20.7 Å². The SMILES string of the molecule is O=C(COC(=O)Cc1ccc(Cl)cc1)Nc1ccc(Br)cc1. The van der Waals surface area contributed by atoms with Crippen LogP contribution in [0, 0.1) is 0 Å². The Morgan fingerprint density at radius 3 is 2.32 bits per heavy atom. The highest BCUT2D eigenvalue weighted by molar-refractivity contribution is 9.10. The van der Waals surface area contributed by atoms with Gasteiger partial charge in [0, 0.05) is 15.2 Å². The molecule has 0 bridgehead atoms. The van der Waals surface area contributed by atoms with Crippen LogP contribution < -0.4 is 5.32 Å². The molecule has 114 valence electrons. The van der Waals surface area contributed by atoms with Crippen molar-refractivity contribution in [3.63, 3.8) is 0 Å². The molecule has 2 aromatic carbocycles. The van der Waals surface area contributed by atoms with E-state index in [1.807, 2.05) is 12.1 Å². The molecule has 0 aliphatic rings. The Morgan fingerprint density at radius 1 is 1.05 bits per heavy atom. The zero-order valence-electron chi connectivity index (χ0n) is 11.5. The number of benzene rings is 2. The standard InChI is InChI=1S/C16H13BrClNO3/c17-12-3-7-14(8-4-12)19-15(20)10-22-16(21)9-11-1-5-13(18)6-2-11/h1-8H,9-10H2,(H,19,20). The first kappa shape index (κ1) is 16.5. The zero-order valence-corrected chi connectivity index (χ0v) is 13.9. The number of amides is 1. The van der Waals surface area contributed by atoms with E-state index < -0.39 is 5.97 Å². The number of carbonyl (C=O) groups excluding carboxylic acids is 2. The first-order valence-corrected chi connectivity index (χ1v) is 7.65. The lowest BCUT2D eigenvalue weighted by Crippen LogP contribution is -2.21. The van der Waals surface area contributed by atoms with Crippen molar-refractivity contribution < 1.29 is 14.3 Å². The predicted molar refractivity (Wildman–Crippen MR) is 88.9 cm³/mol. The van der Waals surface area contributed by atoms with Gasteiger partial charge in [0.1, 0.15) is 0 Å². The van der Waals surface area contributed by atoms with E-state index in [2.05, 4.69) is 21.2 Å². The van der Waals surface area contributed by atoms with Gasteiger partial charge in [0.25, 0.3) is 5.91 Å². The normalized spacial score (nSPS) is 10.1. The first-order valence-electron chi connectivity index (χ1n) is 6.48. The number of esters is 1. The van der Waals surface area contributed by atoms with Crippen LogP contribution in [0.1, 0.15) is 5.56 Å². The number of nitrogens with one attached hydrogen (secondary N) is 1. The molecular weight excluding hydrogens is 370 g/mol. The summed E-state index contributed by atoms with van der Waals surface area (Å²) in [5.74, 6) is -0.847. The second-order valence-corrected chi connectivity index (χ2v) is 5.87. The van der Waals surface area contributed by atoms with Gasteiger partial charge >= 0.3 is 5.97 Å². The minimum atomic E-state index is -0.465. The molecule has 0 aromatic heterocycles. The summed E-state index contributed by atoms with van der Waals surface area (Å²) in [5, 5.41) is 3.24. The summed E-state index contributed by atoms with van der Waals surface area (Å²) in [5.41, 5.74) is 1.42. The average molecular weight is 383 g/mol. The van der Waals surface area contributed by atoms with E-state index in [1.165, 1.54) is 0 Å². The Kier molecular flexibility index (Phi) is 5.98. The molecule has 4 nitrogen and oxygen atoms in total. The molecule has 6 heteroatoms. The van der Waals surface area contributed by atoms with Crippen LogP contribution in [0.25, 0.3) is 0 Å². The van der Waals surface area contributed by atoms with Crippen molar-refractivity contribution in [1.29, 1.82) is 0 Å². The first-order chi connectivity index (χ1) is 10.5. The zero-order chi connectivity index (χ0) is 15.9. The third-order valence-electron chi connectivity index (χ3n) is 2.75. The lowest BCUT2D eigenvalue weighted by Gasteiger charge is -2.07. The van der Waals surface area contributed by atoms with Crippen LogP contribution in [0.5, 0.6) is 0 Å². The van der Waals surface area contributed by atoms with Gasteiger partial charge in [-0.1, -0.05) is 39.7 Å². The van der Waals surface area contributed by atoms with Crippen LogP contribution >= 0.6 is 27.5 Å². The minimum Gasteiger partial charge on any atom is -0.455 e. The van der Waals surface area contributed by atoms with Crippen molar-refractivity contribution in [3.05, 3.63) is 63.6 Å². The van der Waals surface area contributed by atoms with E-state index in [-0.39, 0.29) is 18.9 Å². The maximum Gasteiger partial charge on any atom is 0.310 e.